The first kappa shape index (κ1) is 19.8. The summed E-state index contributed by atoms with van der Waals surface area (Å²) in [6.07, 6.45) is 1.62. The molecule has 8 nitrogen and oxygen atoms in total. The van der Waals surface area contributed by atoms with Gasteiger partial charge in [0.2, 0.25) is 0 Å². The number of amides is 1. The molecule has 0 aliphatic rings. The minimum Gasteiger partial charge on any atom is -0.494 e. The SMILES string of the molecule is COc1cc([N+](=O)[O-])ccc1NC(=O)c1cccn(Cc2ccc(C)cc2)c1=O. The quantitative estimate of drug-likeness (QED) is 0.511. The number of aromatic nitrogens is 1. The number of benzene rings is 2. The van der Waals surface area contributed by atoms with Crippen molar-refractivity contribution in [3.05, 3.63) is 98.0 Å². The average Bonchev–Trinajstić information content (AvgIpc) is 2.71. The average molecular weight is 393 g/mol. The van der Waals surface area contributed by atoms with E-state index in [1.165, 1.54) is 35.9 Å². The van der Waals surface area contributed by atoms with Crippen LogP contribution in [0, 0.1) is 17.0 Å². The second kappa shape index (κ2) is 8.39. The van der Waals surface area contributed by atoms with Gasteiger partial charge in [-0.1, -0.05) is 29.8 Å². The number of carbonyl (C=O) groups excluding carboxylic acids is 1. The van der Waals surface area contributed by atoms with Crippen LogP contribution in [-0.4, -0.2) is 22.5 Å². The Morgan fingerprint density at radius 3 is 2.55 bits per heavy atom. The molecule has 0 unspecified atom stereocenters. The summed E-state index contributed by atoms with van der Waals surface area (Å²) in [4.78, 5) is 35.7. The number of pyridine rings is 1. The lowest BCUT2D eigenvalue weighted by atomic mass is 10.1. The third-order valence-corrected chi connectivity index (χ3v) is 4.38. The number of aryl methyl sites for hydroxylation is 1. The van der Waals surface area contributed by atoms with Gasteiger partial charge in [0.05, 0.1) is 30.3 Å². The number of methoxy groups -OCH3 is 1. The lowest BCUT2D eigenvalue weighted by molar-refractivity contribution is -0.384. The Morgan fingerprint density at radius 1 is 1.17 bits per heavy atom. The number of anilines is 1. The molecule has 29 heavy (non-hydrogen) atoms. The lowest BCUT2D eigenvalue weighted by Gasteiger charge is -2.11. The van der Waals surface area contributed by atoms with Crippen molar-refractivity contribution in [1.82, 2.24) is 4.57 Å². The largest absolute Gasteiger partial charge is 0.494 e. The molecule has 1 heterocycles. The Hall–Kier alpha value is -3.94. The zero-order chi connectivity index (χ0) is 21.0. The maximum atomic E-state index is 12.8. The van der Waals surface area contributed by atoms with Crippen molar-refractivity contribution in [3.63, 3.8) is 0 Å². The molecule has 1 aromatic heterocycles. The Balaban J connectivity index is 1.86. The highest BCUT2D eigenvalue weighted by atomic mass is 16.6. The van der Waals surface area contributed by atoms with E-state index in [2.05, 4.69) is 5.32 Å². The summed E-state index contributed by atoms with van der Waals surface area (Å²) >= 11 is 0. The van der Waals surface area contributed by atoms with Gasteiger partial charge in [0.15, 0.2) is 0 Å². The fourth-order valence-corrected chi connectivity index (χ4v) is 2.81. The van der Waals surface area contributed by atoms with Gasteiger partial charge in [-0.3, -0.25) is 19.7 Å². The van der Waals surface area contributed by atoms with Gasteiger partial charge in [0.1, 0.15) is 11.3 Å². The molecule has 0 bridgehead atoms. The van der Waals surface area contributed by atoms with Crippen molar-refractivity contribution in [2.45, 2.75) is 13.5 Å². The summed E-state index contributed by atoms with van der Waals surface area (Å²) in [5.41, 5.74) is 1.64. The Kier molecular flexibility index (Phi) is 5.73. The number of rotatable bonds is 6. The van der Waals surface area contributed by atoms with E-state index in [-0.39, 0.29) is 22.7 Å². The van der Waals surface area contributed by atoms with Crippen molar-refractivity contribution in [1.29, 1.82) is 0 Å². The topological polar surface area (TPSA) is 103 Å². The molecule has 0 atom stereocenters. The molecule has 3 aromatic rings. The zero-order valence-corrected chi connectivity index (χ0v) is 15.9. The highest BCUT2D eigenvalue weighted by Gasteiger charge is 2.17. The van der Waals surface area contributed by atoms with Crippen molar-refractivity contribution >= 4 is 17.3 Å². The first-order chi connectivity index (χ1) is 13.9. The van der Waals surface area contributed by atoms with Crippen LogP contribution in [0.3, 0.4) is 0 Å². The van der Waals surface area contributed by atoms with Gasteiger partial charge in [-0.25, -0.2) is 0 Å². The molecule has 0 aliphatic heterocycles. The molecule has 148 valence electrons. The van der Waals surface area contributed by atoms with Crippen LogP contribution in [0.25, 0.3) is 0 Å². The molecule has 3 rings (SSSR count). The first-order valence-corrected chi connectivity index (χ1v) is 8.78. The van der Waals surface area contributed by atoms with Crippen molar-refractivity contribution in [2.75, 3.05) is 12.4 Å². The maximum Gasteiger partial charge on any atom is 0.273 e. The van der Waals surface area contributed by atoms with E-state index in [1.807, 2.05) is 31.2 Å². The number of carbonyl (C=O) groups is 1. The molecule has 8 heteroatoms. The predicted octanol–water partition coefficient (Wildman–Crippen LogP) is 3.37. The fourth-order valence-electron chi connectivity index (χ4n) is 2.81. The molecular weight excluding hydrogens is 374 g/mol. The van der Waals surface area contributed by atoms with E-state index in [4.69, 9.17) is 4.74 Å². The number of nitro groups is 1. The van der Waals surface area contributed by atoms with Gasteiger partial charge in [-0.05, 0) is 30.7 Å². The number of nitrogens with zero attached hydrogens (tertiary/aromatic N) is 2. The lowest BCUT2D eigenvalue weighted by Crippen LogP contribution is -2.29. The number of nitrogens with one attached hydrogen (secondary N) is 1. The van der Waals surface area contributed by atoms with Crippen LogP contribution in [0.1, 0.15) is 21.5 Å². The molecule has 0 radical (unpaired) electrons. The zero-order valence-electron chi connectivity index (χ0n) is 15.9. The van der Waals surface area contributed by atoms with Crippen molar-refractivity contribution < 1.29 is 14.5 Å². The van der Waals surface area contributed by atoms with Crippen molar-refractivity contribution in [3.8, 4) is 5.75 Å². The number of ether oxygens (including phenoxy) is 1. The highest BCUT2D eigenvalue weighted by Crippen LogP contribution is 2.29. The van der Waals surface area contributed by atoms with E-state index in [1.54, 1.807) is 12.3 Å². The summed E-state index contributed by atoms with van der Waals surface area (Å²) < 4.78 is 6.56. The normalized spacial score (nSPS) is 10.4. The third kappa shape index (κ3) is 4.49. The van der Waals surface area contributed by atoms with Crippen LogP contribution in [0.2, 0.25) is 0 Å². The van der Waals surface area contributed by atoms with Gasteiger partial charge in [-0.15, -0.1) is 0 Å². The summed E-state index contributed by atoms with van der Waals surface area (Å²) in [6, 6.07) is 14.6. The molecule has 0 spiro atoms. The third-order valence-electron chi connectivity index (χ3n) is 4.38. The summed E-state index contributed by atoms with van der Waals surface area (Å²) in [5, 5.41) is 13.5. The van der Waals surface area contributed by atoms with Crippen LogP contribution in [-0.2, 0) is 6.54 Å². The number of non-ortho nitro benzene ring substituents is 1. The van der Waals surface area contributed by atoms with E-state index < -0.39 is 16.4 Å². The summed E-state index contributed by atoms with van der Waals surface area (Å²) in [6.45, 7) is 2.31. The van der Waals surface area contributed by atoms with Gasteiger partial charge in [0.25, 0.3) is 17.2 Å². The Labute approximate surface area is 166 Å². The fraction of sp³-hybridized carbons (Fsp3) is 0.143. The highest BCUT2D eigenvalue weighted by molar-refractivity contribution is 6.04. The summed E-state index contributed by atoms with van der Waals surface area (Å²) in [5.74, 6) is -0.496. The van der Waals surface area contributed by atoms with Crippen LogP contribution >= 0.6 is 0 Å². The molecular formula is C21H19N3O5. The van der Waals surface area contributed by atoms with E-state index >= 15 is 0 Å². The van der Waals surface area contributed by atoms with Crippen molar-refractivity contribution in [2.24, 2.45) is 0 Å². The standard InChI is InChI=1S/C21H19N3O5/c1-14-5-7-15(8-6-14)13-23-11-3-4-17(21(23)26)20(25)22-18-10-9-16(24(27)28)12-19(18)29-2/h3-12H,13H2,1-2H3,(H,22,25). The molecule has 0 fully saturated rings. The van der Waals surface area contributed by atoms with Crippen LogP contribution in [0.5, 0.6) is 5.75 Å². The van der Waals surface area contributed by atoms with Gasteiger partial charge >= 0.3 is 0 Å². The first-order valence-electron chi connectivity index (χ1n) is 8.78. The van der Waals surface area contributed by atoms with Gasteiger partial charge in [0, 0.05) is 12.3 Å². The van der Waals surface area contributed by atoms with Crippen LogP contribution in [0.4, 0.5) is 11.4 Å². The minimum atomic E-state index is -0.625. The molecule has 1 amide bonds. The second-order valence-corrected chi connectivity index (χ2v) is 6.44. The van der Waals surface area contributed by atoms with E-state index in [0.717, 1.165) is 11.1 Å². The molecule has 2 aromatic carbocycles. The Bertz CT molecular complexity index is 1120. The molecule has 0 saturated heterocycles. The maximum absolute atomic E-state index is 12.8. The van der Waals surface area contributed by atoms with E-state index in [0.29, 0.717) is 6.54 Å². The number of nitro benzene ring substituents is 1. The van der Waals surface area contributed by atoms with Gasteiger partial charge in [-0.2, -0.15) is 0 Å². The molecule has 0 aliphatic carbocycles. The predicted molar refractivity (Wildman–Crippen MR) is 109 cm³/mol. The monoisotopic (exact) mass is 393 g/mol. The van der Waals surface area contributed by atoms with Crippen LogP contribution < -0.4 is 15.6 Å². The number of hydrogen-bond donors (Lipinski definition) is 1. The second-order valence-electron chi connectivity index (χ2n) is 6.44. The van der Waals surface area contributed by atoms with E-state index in [9.17, 15) is 19.7 Å². The van der Waals surface area contributed by atoms with Crippen LogP contribution in [0.15, 0.2) is 65.6 Å². The molecule has 0 saturated carbocycles. The Morgan fingerprint density at radius 2 is 1.90 bits per heavy atom. The summed E-state index contributed by atoms with van der Waals surface area (Å²) in [7, 11) is 1.34. The minimum absolute atomic E-state index is 0.0417. The smallest absolute Gasteiger partial charge is 0.273 e. The van der Waals surface area contributed by atoms with Gasteiger partial charge < -0.3 is 14.6 Å². The molecule has 1 N–H and O–H groups in total. The number of hydrogen-bond acceptors (Lipinski definition) is 5.